The molecule has 2 aromatic rings. The Morgan fingerprint density at radius 3 is 2.50 bits per heavy atom. The maximum absolute atomic E-state index is 12.0. The van der Waals surface area contributed by atoms with E-state index in [0.29, 0.717) is 18.5 Å². The molecule has 7 heteroatoms. The second-order valence-corrected chi connectivity index (χ2v) is 6.24. The predicted molar refractivity (Wildman–Crippen MR) is 74.5 cm³/mol. The molecule has 0 fully saturated rings. The van der Waals surface area contributed by atoms with Gasteiger partial charge in [-0.15, -0.1) is 0 Å². The van der Waals surface area contributed by atoms with Gasteiger partial charge in [0.25, 0.3) is 0 Å². The number of rotatable bonds is 6. The molecule has 2 rings (SSSR count). The van der Waals surface area contributed by atoms with E-state index >= 15 is 0 Å². The van der Waals surface area contributed by atoms with E-state index in [4.69, 9.17) is 5.11 Å². The third-order valence-electron chi connectivity index (χ3n) is 2.88. The molecule has 0 unspecified atom stereocenters. The lowest BCUT2D eigenvalue weighted by Crippen LogP contribution is -2.25. The van der Waals surface area contributed by atoms with Crippen LogP contribution in [0.15, 0.2) is 41.6 Å². The summed E-state index contributed by atoms with van der Waals surface area (Å²) in [6.45, 7) is 0.213. The number of nitrogens with one attached hydrogen (secondary N) is 1. The Labute approximate surface area is 118 Å². The average molecular weight is 295 g/mol. The summed E-state index contributed by atoms with van der Waals surface area (Å²) < 4.78 is 28.3. The number of aliphatic hydroxyl groups is 1. The van der Waals surface area contributed by atoms with Gasteiger partial charge in [-0.25, -0.2) is 13.1 Å². The van der Waals surface area contributed by atoms with Crippen molar-refractivity contribution in [3.63, 3.8) is 0 Å². The zero-order valence-corrected chi connectivity index (χ0v) is 12.0. The van der Waals surface area contributed by atoms with Gasteiger partial charge in [-0.05, 0) is 29.7 Å². The van der Waals surface area contributed by atoms with Crippen molar-refractivity contribution >= 4 is 10.0 Å². The Bertz CT molecular complexity index is 662. The molecule has 0 saturated carbocycles. The molecule has 0 bridgehead atoms. The lowest BCUT2D eigenvalue weighted by Gasteiger charge is -2.06. The van der Waals surface area contributed by atoms with E-state index < -0.39 is 10.0 Å². The van der Waals surface area contributed by atoms with Crippen molar-refractivity contribution in [2.24, 2.45) is 7.05 Å². The number of sulfonamides is 1. The summed E-state index contributed by atoms with van der Waals surface area (Å²) in [5.41, 5.74) is 1.66. The van der Waals surface area contributed by atoms with Gasteiger partial charge in [-0.1, -0.05) is 12.1 Å². The summed E-state index contributed by atoms with van der Waals surface area (Å²) >= 11 is 0. The molecule has 1 heterocycles. The Hall–Kier alpha value is -1.70. The van der Waals surface area contributed by atoms with E-state index in [1.807, 2.05) is 13.2 Å². The summed E-state index contributed by atoms with van der Waals surface area (Å²) in [6.07, 6.45) is 4.15. The first-order valence-corrected chi connectivity index (χ1v) is 7.66. The summed E-state index contributed by atoms with van der Waals surface area (Å²) in [7, 11) is -1.69. The quantitative estimate of drug-likeness (QED) is 0.809. The van der Waals surface area contributed by atoms with Crippen LogP contribution in [0.5, 0.6) is 0 Å². The third-order valence-corrected chi connectivity index (χ3v) is 4.36. The van der Waals surface area contributed by atoms with Crippen LogP contribution in [-0.4, -0.2) is 29.8 Å². The Kier molecular flexibility index (Phi) is 4.53. The highest BCUT2D eigenvalue weighted by molar-refractivity contribution is 7.89. The van der Waals surface area contributed by atoms with Crippen LogP contribution < -0.4 is 4.72 Å². The Morgan fingerprint density at radius 2 is 1.95 bits per heavy atom. The molecule has 108 valence electrons. The number of nitrogens with zero attached hydrogens (tertiary/aromatic N) is 2. The van der Waals surface area contributed by atoms with E-state index in [1.54, 1.807) is 23.0 Å². The van der Waals surface area contributed by atoms with E-state index in [0.717, 1.165) is 5.56 Å². The fourth-order valence-electron chi connectivity index (χ4n) is 1.79. The van der Waals surface area contributed by atoms with E-state index in [2.05, 4.69) is 9.82 Å². The highest BCUT2D eigenvalue weighted by atomic mass is 32.2. The zero-order chi connectivity index (χ0) is 14.6. The molecule has 20 heavy (non-hydrogen) atoms. The Balaban J connectivity index is 1.96. The van der Waals surface area contributed by atoms with E-state index in [1.165, 1.54) is 12.1 Å². The highest BCUT2D eigenvalue weighted by Crippen LogP contribution is 2.10. The lowest BCUT2D eigenvalue weighted by atomic mass is 10.2. The predicted octanol–water partition coefficient (Wildman–Crippen LogP) is 0.433. The number of aryl methyl sites for hydroxylation is 1. The number of hydrogen-bond acceptors (Lipinski definition) is 4. The number of hydrogen-bond donors (Lipinski definition) is 2. The first kappa shape index (κ1) is 14.7. The van der Waals surface area contributed by atoms with Crippen LogP contribution in [0.1, 0.15) is 11.1 Å². The van der Waals surface area contributed by atoms with E-state index in [-0.39, 0.29) is 11.5 Å². The molecule has 0 amide bonds. The van der Waals surface area contributed by atoms with Crippen molar-refractivity contribution in [1.82, 2.24) is 14.5 Å². The molecule has 1 aromatic heterocycles. The molecule has 2 N–H and O–H groups in total. The number of aromatic nitrogens is 2. The van der Waals surface area contributed by atoms with Gasteiger partial charge in [-0.3, -0.25) is 4.68 Å². The minimum Gasteiger partial charge on any atom is -0.392 e. The van der Waals surface area contributed by atoms with Crippen molar-refractivity contribution in [2.45, 2.75) is 17.9 Å². The molecule has 0 aliphatic heterocycles. The third kappa shape index (κ3) is 3.66. The Morgan fingerprint density at radius 1 is 1.25 bits per heavy atom. The molecule has 0 aliphatic rings. The second kappa shape index (κ2) is 6.17. The minimum absolute atomic E-state index is 0.102. The molecule has 0 aliphatic carbocycles. The molecular weight excluding hydrogens is 278 g/mol. The number of aliphatic hydroxyl groups excluding tert-OH is 1. The van der Waals surface area contributed by atoms with E-state index in [9.17, 15) is 8.42 Å². The standard InChI is InChI=1S/C13H17N3O3S/c1-16-9-12(8-14-16)6-7-15-20(18,19)13-4-2-11(10-17)3-5-13/h2-5,8-9,15,17H,6-7,10H2,1H3. The SMILES string of the molecule is Cn1cc(CCNS(=O)(=O)c2ccc(CO)cc2)cn1. The van der Waals surface area contributed by atoms with Crippen molar-refractivity contribution in [2.75, 3.05) is 6.54 Å². The van der Waals surface area contributed by atoms with Crippen molar-refractivity contribution in [3.8, 4) is 0 Å². The average Bonchev–Trinajstić information content (AvgIpc) is 2.84. The van der Waals surface area contributed by atoms with Crippen LogP contribution >= 0.6 is 0 Å². The van der Waals surface area contributed by atoms with Crippen molar-refractivity contribution in [1.29, 1.82) is 0 Å². The normalized spacial score (nSPS) is 11.7. The maximum Gasteiger partial charge on any atom is 0.240 e. The lowest BCUT2D eigenvalue weighted by molar-refractivity contribution is 0.282. The summed E-state index contributed by atoms with van der Waals surface area (Å²) in [6, 6.07) is 6.15. The van der Waals surface area contributed by atoms with Gasteiger partial charge in [0.1, 0.15) is 0 Å². The largest absolute Gasteiger partial charge is 0.392 e. The topological polar surface area (TPSA) is 84.2 Å². The monoisotopic (exact) mass is 295 g/mol. The molecule has 0 spiro atoms. The second-order valence-electron chi connectivity index (χ2n) is 4.47. The van der Waals surface area contributed by atoms with Crippen molar-refractivity contribution < 1.29 is 13.5 Å². The minimum atomic E-state index is -3.51. The smallest absolute Gasteiger partial charge is 0.240 e. The molecular formula is C13H17N3O3S. The van der Waals surface area contributed by atoms with Gasteiger partial charge in [-0.2, -0.15) is 5.10 Å². The van der Waals surface area contributed by atoms with Crippen LogP contribution in [-0.2, 0) is 30.1 Å². The molecule has 0 radical (unpaired) electrons. The first-order valence-electron chi connectivity index (χ1n) is 6.18. The van der Waals surface area contributed by atoms with Crippen LogP contribution in [0.2, 0.25) is 0 Å². The van der Waals surface area contributed by atoms with Gasteiger partial charge in [0, 0.05) is 19.8 Å². The summed E-state index contributed by atoms with van der Waals surface area (Å²) in [5, 5.41) is 13.0. The zero-order valence-electron chi connectivity index (χ0n) is 11.2. The van der Waals surface area contributed by atoms with Crippen LogP contribution in [0.4, 0.5) is 0 Å². The highest BCUT2D eigenvalue weighted by Gasteiger charge is 2.13. The molecule has 6 nitrogen and oxygen atoms in total. The molecule has 1 aromatic carbocycles. The van der Waals surface area contributed by atoms with Crippen LogP contribution in [0.3, 0.4) is 0 Å². The van der Waals surface area contributed by atoms with Gasteiger partial charge in [0.2, 0.25) is 10.0 Å². The fourth-order valence-corrected chi connectivity index (χ4v) is 2.82. The number of benzene rings is 1. The molecule has 0 atom stereocenters. The van der Waals surface area contributed by atoms with Gasteiger partial charge >= 0.3 is 0 Å². The van der Waals surface area contributed by atoms with Crippen molar-refractivity contribution in [3.05, 3.63) is 47.8 Å². The first-order chi connectivity index (χ1) is 9.51. The van der Waals surface area contributed by atoms with Gasteiger partial charge in [0.15, 0.2) is 0 Å². The summed E-state index contributed by atoms with van der Waals surface area (Å²) in [5.74, 6) is 0. The molecule has 0 saturated heterocycles. The maximum atomic E-state index is 12.0. The van der Waals surface area contributed by atoms with Crippen LogP contribution in [0.25, 0.3) is 0 Å². The summed E-state index contributed by atoms with van der Waals surface area (Å²) in [4.78, 5) is 0.195. The van der Waals surface area contributed by atoms with Gasteiger partial charge in [0.05, 0.1) is 17.7 Å². The fraction of sp³-hybridized carbons (Fsp3) is 0.308. The van der Waals surface area contributed by atoms with Crippen LogP contribution in [0, 0.1) is 0 Å². The van der Waals surface area contributed by atoms with Gasteiger partial charge < -0.3 is 5.11 Å².